The molecule has 1 aromatic rings. The Hall–Kier alpha value is -0.940. The second kappa shape index (κ2) is 17.5. The van der Waals surface area contributed by atoms with Crippen molar-refractivity contribution < 1.29 is 9.47 Å². The zero-order chi connectivity index (χ0) is 18.2. The van der Waals surface area contributed by atoms with Crippen LogP contribution in [0, 0.1) is 0 Å². The highest BCUT2D eigenvalue weighted by atomic mass is 127. The van der Waals surface area contributed by atoms with Gasteiger partial charge in [0.15, 0.2) is 5.96 Å². The molecule has 0 aliphatic heterocycles. The van der Waals surface area contributed by atoms with Crippen LogP contribution in [0.2, 0.25) is 0 Å². The minimum absolute atomic E-state index is 0. The molecular formula is C17H35IN6O2. The molecule has 0 amide bonds. The van der Waals surface area contributed by atoms with Crippen molar-refractivity contribution in [3.8, 4) is 0 Å². The van der Waals surface area contributed by atoms with E-state index in [9.17, 15) is 0 Å². The summed E-state index contributed by atoms with van der Waals surface area (Å²) in [6.45, 7) is 9.52. The van der Waals surface area contributed by atoms with Crippen LogP contribution in [-0.4, -0.2) is 67.3 Å². The summed E-state index contributed by atoms with van der Waals surface area (Å²) >= 11 is 0. The van der Waals surface area contributed by atoms with E-state index in [0.717, 1.165) is 70.4 Å². The first kappa shape index (κ1) is 25.1. The lowest BCUT2D eigenvalue weighted by Crippen LogP contribution is -2.40. The quantitative estimate of drug-likeness (QED) is 0.182. The average Bonchev–Trinajstić information content (AvgIpc) is 3.08. The van der Waals surface area contributed by atoms with E-state index in [1.165, 1.54) is 6.42 Å². The number of aliphatic imine (C=N–C) groups is 1. The lowest BCUT2D eigenvalue weighted by Gasteiger charge is -2.13. The first-order valence-electron chi connectivity index (χ1n) is 9.27. The number of ether oxygens (including phenoxy) is 2. The van der Waals surface area contributed by atoms with Crippen molar-refractivity contribution in [2.24, 2.45) is 4.99 Å². The molecule has 0 saturated carbocycles. The molecule has 0 aliphatic rings. The van der Waals surface area contributed by atoms with Gasteiger partial charge in [0.2, 0.25) is 0 Å². The van der Waals surface area contributed by atoms with Gasteiger partial charge in [0.25, 0.3) is 0 Å². The highest BCUT2D eigenvalue weighted by Crippen LogP contribution is 1.95. The third-order valence-electron chi connectivity index (χ3n) is 3.61. The van der Waals surface area contributed by atoms with E-state index in [4.69, 9.17) is 9.47 Å². The molecule has 0 fully saturated rings. The lowest BCUT2D eigenvalue weighted by atomic mass is 10.4. The second-order valence-corrected chi connectivity index (χ2v) is 5.69. The molecule has 0 bridgehead atoms. The normalized spacial score (nSPS) is 11.3. The fraction of sp³-hybridized carbons (Fsp3) is 0.824. The van der Waals surface area contributed by atoms with Crippen LogP contribution < -0.4 is 10.6 Å². The number of rotatable bonds is 14. The predicted octanol–water partition coefficient (Wildman–Crippen LogP) is 1.85. The third-order valence-corrected chi connectivity index (χ3v) is 3.61. The summed E-state index contributed by atoms with van der Waals surface area (Å²) in [5.41, 5.74) is 0. The molecule has 1 heterocycles. The van der Waals surface area contributed by atoms with E-state index < -0.39 is 0 Å². The van der Waals surface area contributed by atoms with Crippen molar-refractivity contribution in [2.75, 3.05) is 46.6 Å². The molecule has 26 heavy (non-hydrogen) atoms. The Morgan fingerprint density at radius 1 is 1.15 bits per heavy atom. The van der Waals surface area contributed by atoms with Crippen LogP contribution >= 0.6 is 24.0 Å². The van der Waals surface area contributed by atoms with Crippen molar-refractivity contribution >= 4 is 29.9 Å². The fourth-order valence-corrected chi connectivity index (χ4v) is 2.19. The number of nitrogens with one attached hydrogen (secondary N) is 2. The first-order chi connectivity index (χ1) is 12.3. The lowest BCUT2D eigenvalue weighted by molar-refractivity contribution is 0.130. The highest BCUT2D eigenvalue weighted by molar-refractivity contribution is 14.0. The summed E-state index contributed by atoms with van der Waals surface area (Å²) < 4.78 is 12.7. The second-order valence-electron chi connectivity index (χ2n) is 5.69. The Morgan fingerprint density at radius 2 is 1.92 bits per heavy atom. The van der Waals surface area contributed by atoms with E-state index in [-0.39, 0.29) is 24.0 Å². The molecule has 0 spiro atoms. The Balaban J connectivity index is 0.00000625. The topological polar surface area (TPSA) is 85.6 Å². The maximum Gasteiger partial charge on any atom is 0.191 e. The average molecular weight is 482 g/mol. The Bertz CT molecular complexity index is 470. The van der Waals surface area contributed by atoms with Crippen molar-refractivity contribution in [1.29, 1.82) is 0 Å². The number of halogens is 1. The molecular weight excluding hydrogens is 447 g/mol. The van der Waals surface area contributed by atoms with Gasteiger partial charge in [0.05, 0.1) is 6.61 Å². The third kappa shape index (κ3) is 11.6. The molecule has 1 rings (SSSR count). The maximum atomic E-state index is 5.56. The summed E-state index contributed by atoms with van der Waals surface area (Å²) in [4.78, 5) is 4.59. The Morgan fingerprint density at radius 3 is 2.65 bits per heavy atom. The number of methoxy groups -OCH3 is 1. The molecule has 152 valence electrons. The minimum atomic E-state index is 0. The number of aromatic nitrogens is 3. The number of hydrogen-bond acceptors (Lipinski definition) is 5. The van der Waals surface area contributed by atoms with Crippen LogP contribution in [0.1, 0.15) is 38.9 Å². The monoisotopic (exact) mass is 482 g/mol. The number of hydrogen-bond donors (Lipinski definition) is 2. The van der Waals surface area contributed by atoms with Gasteiger partial charge in [0.1, 0.15) is 12.2 Å². The van der Waals surface area contributed by atoms with Crippen molar-refractivity contribution in [1.82, 2.24) is 25.4 Å². The van der Waals surface area contributed by atoms with Gasteiger partial charge in [-0.05, 0) is 12.8 Å². The van der Waals surface area contributed by atoms with Crippen molar-refractivity contribution in [3.05, 3.63) is 12.2 Å². The van der Waals surface area contributed by atoms with E-state index in [1.54, 1.807) is 13.4 Å². The summed E-state index contributed by atoms with van der Waals surface area (Å²) in [5, 5.41) is 14.7. The minimum Gasteiger partial charge on any atom is -0.383 e. The van der Waals surface area contributed by atoms with Crippen LogP contribution in [0.5, 0.6) is 0 Å². The zero-order valence-corrected chi connectivity index (χ0v) is 18.7. The van der Waals surface area contributed by atoms with Gasteiger partial charge < -0.3 is 24.7 Å². The van der Waals surface area contributed by atoms with E-state index in [2.05, 4.69) is 44.2 Å². The zero-order valence-electron chi connectivity index (χ0n) is 16.4. The largest absolute Gasteiger partial charge is 0.383 e. The van der Waals surface area contributed by atoms with E-state index >= 15 is 0 Å². The molecule has 9 heteroatoms. The van der Waals surface area contributed by atoms with E-state index in [0.29, 0.717) is 6.61 Å². The molecule has 0 radical (unpaired) electrons. The molecule has 0 atom stereocenters. The van der Waals surface area contributed by atoms with Gasteiger partial charge in [-0.2, -0.15) is 0 Å². The molecule has 8 nitrogen and oxygen atoms in total. The molecule has 0 aliphatic carbocycles. The maximum absolute atomic E-state index is 5.56. The van der Waals surface area contributed by atoms with Gasteiger partial charge in [-0.25, -0.2) is 0 Å². The summed E-state index contributed by atoms with van der Waals surface area (Å²) in [6, 6.07) is 0. The summed E-state index contributed by atoms with van der Waals surface area (Å²) in [6.07, 6.45) is 5.86. The van der Waals surface area contributed by atoms with Crippen molar-refractivity contribution in [3.63, 3.8) is 0 Å². The van der Waals surface area contributed by atoms with Crippen LogP contribution in [-0.2, 0) is 22.4 Å². The van der Waals surface area contributed by atoms with Gasteiger partial charge in [-0.3, -0.25) is 4.99 Å². The molecule has 2 N–H and O–H groups in total. The molecule has 0 aromatic carbocycles. The molecule has 0 saturated heterocycles. The predicted molar refractivity (Wildman–Crippen MR) is 115 cm³/mol. The van der Waals surface area contributed by atoms with E-state index in [1.807, 2.05) is 0 Å². The number of nitrogens with zero attached hydrogens (tertiary/aromatic N) is 4. The summed E-state index contributed by atoms with van der Waals surface area (Å²) in [5.74, 6) is 1.80. The van der Waals surface area contributed by atoms with Crippen LogP contribution in [0.25, 0.3) is 0 Å². The number of unbranched alkanes of at least 4 members (excludes halogenated alkanes) is 1. The number of guanidine groups is 1. The molecule has 1 aromatic heterocycles. The Labute approximate surface area is 174 Å². The van der Waals surface area contributed by atoms with Gasteiger partial charge >= 0.3 is 0 Å². The van der Waals surface area contributed by atoms with Crippen molar-refractivity contribution in [2.45, 2.75) is 46.1 Å². The summed E-state index contributed by atoms with van der Waals surface area (Å²) in [7, 11) is 1.69. The Kier molecular flexibility index (Phi) is 16.8. The molecule has 0 unspecified atom stereocenters. The van der Waals surface area contributed by atoms with Gasteiger partial charge in [-0.1, -0.05) is 20.3 Å². The highest BCUT2D eigenvalue weighted by Gasteiger charge is 2.02. The van der Waals surface area contributed by atoms with Gasteiger partial charge in [0, 0.05) is 52.9 Å². The first-order valence-corrected chi connectivity index (χ1v) is 9.27. The van der Waals surface area contributed by atoms with Crippen LogP contribution in [0.15, 0.2) is 11.3 Å². The van der Waals surface area contributed by atoms with Gasteiger partial charge in [-0.15, -0.1) is 34.2 Å². The smallest absolute Gasteiger partial charge is 0.191 e. The SMILES string of the molecule is CCCCOCCCN=C(NCCOC)NCCn1cnnc1CC.I. The standard InChI is InChI=1S/C17H34N6O2.HI/c1-4-6-12-25-13-7-8-18-17(20-10-14-24-3)19-9-11-23-15-21-22-16(23)5-2;/h15H,4-14H2,1-3H3,(H2,18,19,20);1H. The van der Waals surface area contributed by atoms with Crippen LogP contribution in [0.3, 0.4) is 0 Å². The number of aryl methyl sites for hydroxylation is 1. The van der Waals surface area contributed by atoms with Crippen LogP contribution in [0.4, 0.5) is 0 Å². The fourth-order valence-electron chi connectivity index (χ4n) is 2.19.